The van der Waals surface area contributed by atoms with Crippen LogP contribution in [0.5, 0.6) is 5.75 Å². The van der Waals surface area contributed by atoms with Gasteiger partial charge in [-0.1, -0.05) is 26.0 Å². The van der Waals surface area contributed by atoms with Crippen molar-refractivity contribution < 1.29 is 18.7 Å². The van der Waals surface area contributed by atoms with Gasteiger partial charge in [-0.15, -0.1) is 0 Å². The fourth-order valence-electron chi connectivity index (χ4n) is 3.22. The number of halogens is 2. The van der Waals surface area contributed by atoms with Gasteiger partial charge >= 0.3 is 0 Å². The maximum absolute atomic E-state index is 13.5. The van der Waals surface area contributed by atoms with Gasteiger partial charge in [-0.3, -0.25) is 4.79 Å². The first-order valence-electron chi connectivity index (χ1n) is 8.30. The molecule has 1 N–H and O–H groups in total. The highest BCUT2D eigenvalue weighted by atomic mass is 19.2. The minimum Gasteiger partial charge on any atom is -0.505 e. The van der Waals surface area contributed by atoms with Crippen LogP contribution in [0, 0.1) is 17.0 Å². The standard InChI is InChI=1S/C20H21F2NO2/c1-12-20(2,3)8-9-23(12)19(25)14-6-4-13(5-7-14)15-10-16(21)18(22)17(24)11-15/h4-7,10-12,24H,8-9H2,1-3H3/t12-/m1/s1. The van der Waals surface area contributed by atoms with Crippen LogP contribution in [0.3, 0.4) is 0 Å². The molecule has 1 atom stereocenters. The Balaban J connectivity index is 1.85. The Morgan fingerprint density at radius 3 is 2.32 bits per heavy atom. The predicted molar refractivity (Wildman–Crippen MR) is 92.4 cm³/mol. The van der Waals surface area contributed by atoms with Crippen molar-refractivity contribution in [2.24, 2.45) is 5.41 Å². The van der Waals surface area contributed by atoms with Gasteiger partial charge in [0, 0.05) is 18.2 Å². The zero-order valence-electron chi connectivity index (χ0n) is 14.5. The molecule has 3 nitrogen and oxygen atoms in total. The minimum absolute atomic E-state index is 0.0299. The van der Waals surface area contributed by atoms with Gasteiger partial charge in [0.25, 0.3) is 5.91 Å². The van der Waals surface area contributed by atoms with Gasteiger partial charge < -0.3 is 10.0 Å². The van der Waals surface area contributed by atoms with Crippen molar-refractivity contribution in [1.82, 2.24) is 4.90 Å². The van der Waals surface area contributed by atoms with Crippen LogP contribution < -0.4 is 0 Å². The third-order valence-corrected chi connectivity index (χ3v) is 5.33. The Morgan fingerprint density at radius 1 is 1.16 bits per heavy atom. The van der Waals surface area contributed by atoms with Crippen LogP contribution in [-0.4, -0.2) is 28.5 Å². The number of hydrogen-bond donors (Lipinski definition) is 1. The molecule has 25 heavy (non-hydrogen) atoms. The van der Waals surface area contributed by atoms with Gasteiger partial charge in [0.2, 0.25) is 0 Å². The van der Waals surface area contributed by atoms with Crippen LogP contribution in [0.4, 0.5) is 8.78 Å². The number of aromatic hydroxyl groups is 1. The van der Waals surface area contributed by atoms with Crippen molar-refractivity contribution in [3.05, 3.63) is 53.6 Å². The molecule has 0 spiro atoms. The summed E-state index contributed by atoms with van der Waals surface area (Å²) in [6.07, 6.45) is 0.964. The number of rotatable bonds is 2. The third kappa shape index (κ3) is 3.11. The minimum atomic E-state index is -1.26. The van der Waals surface area contributed by atoms with Crippen LogP contribution in [0.15, 0.2) is 36.4 Å². The first kappa shape index (κ1) is 17.4. The quantitative estimate of drug-likeness (QED) is 0.864. The molecule has 2 aromatic rings. The lowest BCUT2D eigenvalue weighted by atomic mass is 9.86. The van der Waals surface area contributed by atoms with Crippen molar-refractivity contribution in [2.75, 3.05) is 6.54 Å². The molecular formula is C20H21F2NO2. The van der Waals surface area contributed by atoms with Crippen LogP contribution in [0.25, 0.3) is 11.1 Å². The van der Waals surface area contributed by atoms with Crippen molar-refractivity contribution >= 4 is 5.91 Å². The molecule has 1 aliphatic heterocycles. The van der Waals surface area contributed by atoms with Gasteiger partial charge in [-0.2, -0.15) is 4.39 Å². The second kappa shape index (κ2) is 6.14. The summed E-state index contributed by atoms with van der Waals surface area (Å²) in [5, 5.41) is 9.43. The fourth-order valence-corrected chi connectivity index (χ4v) is 3.22. The number of nitrogens with zero attached hydrogens (tertiary/aromatic N) is 1. The van der Waals surface area contributed by atoms with Crippen LogP contribution >= 0.6 is 0 Å². The number of hydrogen-bond acceptors (Lipinski definition) is 2. The van der Waals surface area contributed by atoms with Crippen LogP contribution in [0.2, 0.25) is 0 Å². The van der Waals surface area contributed by atoms with E-state index in [0.717, 1.165) is 19.0 Å². The summed E-state index contributed by atoms with van der Waals surface area (Å²) in [6.45, 7) is 7.10. The van der Waals surface area contributed by atoms with Crippen molar-refractivity contribution in [3.63, 3.8) is 0 Å². The van der Waals surface area contributed by atoms with Gasteiger partial charge in [0.1, 0.15) is 0 Å². The van der Waals surface area contributed by atoms with E-state index in [4.69, 9.17) is 0 Å². The second-order valence-corrected chi connectivity index (χ2v) is 7.28. The molecule has 5 heteroatoms. The number of amides is 1. The topological polar surface area (TPSA) is 40.5 Å². The number of phenolic OH excluding ortho intramolecular Hbond substituents is 1. The Kier molecular flexibility index (Phi) is 4.27. The summed E-state index contributed by atoms with van der Waals surface area (Å²) in [5.41, 5.74) is 1.60. The largest absolute Gasteiger partial charge is 0.505 e. The lowest BCUT2D eigenvalue weighted by Gasteiger charge is -2.29. The zero-order valence-corrected chi connectivity index (χ0v) is 14.5. The van der Waals surface area contributed by atoms with E-state index in [9.17, 15) is 18.7 Å². The summed E-state index contributed by atoms with van der Waals surface area (Å²) >= 11 is 0. The monoisotopic (exact) mass is 345 g/mol. The Labute approximate surface area is 145 Å². The number of likely N-dealkylation sites (tertiary alicyclic amines) is 1. The molecule has 1 amide bonds. The first-order valence-corrected chi connectivity index (χ1v) is 8.30. The average Bonchev–Trinajstić information content (AvgIpc) is 2.85. The van der Waals surface area contributed by atoms with Gasteiger partial charge in [0.15, 0.2) is 17.4 Å². The summed E-state index contributed by atoms with van der Waals surface area (Å²) < 4.78 is 26.7. The van der Waals surface area contributed by atoms with E-state index < -0.39 is 17.4 Å². The molecule has 0 radical (unpaired) electrons. The van der Waals surface area contributed by atoms with E-state index in [2.05, 4.69) is 20.8 Å². The maximum atomic E-state index is 13.5. The Bertz CT molecular complexity index is 792. The molecule has 3 rings (SSSR count). The molecule has 1 saturated heterocycles. The number of benzene rings is 2. The fraction of sp³-hybridized carbons (Fsp3) is 0.350. The van der Waals surface area contributed by atoms with E-state index in [-0.39, 0.29) is 17.4 Å². The summed E-state index contributed by atoms with van der Waals surface area (Å²) in [5.74, 6) is -3.13. The lowest BCUT2D eigenvalue weighted by Crippen LogP contribution is -2.38. The average molecular weight is 345 g/mol. The lowest BCUT2D eigenvalue weighted by molar-refractivity contribution is 0.0706. The predicted octanol–water partition coefficient (Wildman–Crippen LogP) is 4.60. The van der Waals surface area contributed by atoms with Gasteiger partial charge in [0.05, 0.1) is 0 Å². The van der Waals surface area contributed by atoms with Crippen LogP contribution in [0.1, 0.15) is 37.6 Å². The highest BCUT2D eigenvalue weighted by Gasteiger charge is 2.39. The second-order valence-electron chi connectivity index (χ2n) is 7.28. The molecule has 1 aliphatic rings. The number of phenols is 1. The van der Waals surface area contributed by atoms with E-state index >= 15 is 0 Å². The molecule has 2 aromatic carbocycles. The molecule has 1 heterocycles. The smallest absolute Gasteiger partial charge is 0.254 e. The summed E-state index contributed by atoms with van der Waals surface area (Å²) in [7, 11) is 0. The van der Waals surface area contributed by atoms with Crippen LogP contribution in [-0.2, 0) is 0 Å². The summed E-state index contributed by atoms with van der Waals surface area (Å²) in [6, 6.07) is 9.04. The van der Waals surface area contributed by atoms with Gasteiger partial charge in [-0.25, -0.2) is 4.39 Å². The summed E-state index contributed by atoms with van der Waals surface area (Å²) in [4.78, 5) is 14.6. The van der Waals surface area contributed by atoms with Gasteiger partial charge in [-0.05, 0) is 54.2 Å². The number of carbonyl (C=O) groups is 1. The highest BCUT2D eigenvalue weighted by Crippen LogP contribution is 2.36. The van der Waals surface area contributed by atoms with E-state index in [1.165, 1.54) is 6.07 Å². The molecule has 132 valence electrons. The molecule has 0 unspecified atom stereocenters. The van der Waals surface area contributed by atoms with E-state index in [0.29, 0.717) is 16.7 Å². The normalized spacial score (nSPS) is 19.2. The van der Waals surface area contributed by atoms with Crippen molar-refractivity contribution in [2.45, 2.75) is 33.2 Å². The van der Waals surface area contributed by atoms with Crippen molar-refractivity contribution in [1.29, 1.82) is 0 Å². The van der Waals surface area contributed by atoms with E-state index in [1.54, 1.807) is 24.3 Å². The molecule has 0 bridgehead atoms. The zero-order chi connectivity index (χ0) is 18.4. The first-order chi connectivity index (χ1) is 11.7. The number of carbonyl (C=O) groups excluding carboxylic acids is 1. The molecule has 0 aliphatic carbocycles. The Hall–Kier alpha value is -2.43. The van der Waals surface area contributed by atoms with E-state index in [1.807, 2.05) is 4.90 Å². The molecule has 0 aromatic heterocycles. The molecular weight excluding hydrogens is 324 g/mol. The SMILES string of the molecule is C[C@H]1N(C(=O)c2ccc(-c3cc(O)c(F)c(F)c3)cc2)CCC1(C)C. The highest BCUT2D eigenvalue weighted by molar-refractivity contribution is 5.95. The Morgan fingerprint density at radius 2 is 1.80 bits per heavy atom. The third-order valence-electron chi connectivity index (χ3n) is 5.33. The van der Waals surface area contributed by atoms with Crippen molar-refractivity contribution in [3.8, 4) is 16.9 Å². The molecule has 1 fully saturated rings. The molecule has 0 saturated carbocycles. The maximum Gasteiger partial charge on any atom is 0.254 e.